The molecule has 0 aliphatic heterocycles. The first-order chi connectivity index (χ1) is 9.08. The van der Waals surface area contributed by atoms with Crippen LogP contribution in [0.1, 0.15) is 62.5 Å². The molecule has 0 unspecified atom stereocenters. The number of nitrogens with one attached hydrogen (secondary N) is 1. The van der Waals surface area contributed by atoms with E-state index in [0.29, 0.717) is 6.04 Å². The third-order valence-corrected chi connectivity index (χ3v) is 4.35. The minimum absolute atomic E-state index is 0.0393. The van der Waals surface area contributed by atoms with Gasteiger partial charge < -0.3 is 9.88 Å². The molecule has 0 bridgehead atoms. The molecule has 1 fully saturated rings. The van der Waals surface area contributed by atoms with Gasteiger partial charge in [-0.2, -0.15) is 0 Å². The van der Waals surface area contributed by atoms with Gasteiger partial charge in [0.25, 0.3) is 5.91 Å². The summed E-state index contributed by atoms with van der Waals surface area (Å²) in [6, 6.07) is 2.19. The summed E-state index contributed by atoms with van der Waals surface area (Å²) in [7, 11) is 0. The van der Waals surface area contributed by atoms with Crippen molar-refractivity contribution in [1.29, 1.82) is 0 Å². The summed E-state index contributed by atoms with van der Waals surface area (Å²) in [4.78, 5) is 12.2. The van der Waals surface area contributed by atoms with Gasteiger partial charge in [0.2, 0.25) is 0 Å². The topological polar surface area (TPSA) is 34.0 Å². The van der Waals surface area contributed by atoms with Gasteiger partial charge in [-0.3, -0.25) is 4.79 Å². The molecule has 4 heteroatoms. The fourth-order valence-corrected chi connectivity index (χ4v) is 3.27. The van der Waals surface area contributed by atoms with E-state index in [9.17, 15) is 4.79 Å². The standard InChI is InChI=1S/C15H23BrN2O/c1-11(2)18-10-13(16)9-14(18)15(19)17-8-7-12-5-3-4-6-12/h9-12H,3-8H2,1-2H3,(H,17,19). The Morgan fingerprint density at radius 2 is 2.16 bits per heavy atom. The molecule has 1 saturated carbocycles. The summed E-state index contributed by atoms with van der Waals surface area (Å²) in [5.41, 5.74) is 0.744. The number of amides is 1. The highest BCUT2D eigenvalue weighted by molar-refractivity contribution is 9.10. The molecule has 1 amide bonds. The van der Waals surface area contributed by atoms with Crippen LogP contribution in [-0.2, 0) is 0 Å². The van der Waals surface area contributed by atoms with E-state index in [0.717, 1.165) is 29.1 Å². The lowest BCUT2D eigenvalue weighted by Crippen LogP contribution is -2.28. The summed E-state index contributed by atoms with van der Waals surface area (Å²) < 4.78 is 2.97. The van der Waals surface area contributed by atoms with E-state index < -0.39 is 0 Å². The maximum Gasteiger partial charge on any atom is 0.267 e. The first-order valence-electron chi connectivity index (χ1n) is 7.23. The molecule has 1 heterocycles. The summed E-state index contributed by atoms with van der Waals surface area (Å²) in [6.07, 6.45) is 8.49. The number of hydrogen-bond donors (Lipinski definition) is 1. The van der Waals surface area contributed by atoms with E-state index in [2.05, 4.69) is 35.1 Å². The number of aromatic nitrogens is 1. The number of rotatable bonds is 5. The van der Waals surface area contributed by atoms with Gasteiger partial charge in [0.1, 0.15) is 5.69 Å². The van der Waals surface area contributed by atoms with E-state index in [1.54, 1.807) is 0 Å². The van der Waals surface area contributed by atoms with Crippen LogP contribution < -0.4 is 5.32 Å². The van der Waals surface area contributed by atoms with Crippen molar-refractivity contribution in [1.82, 2.24) is 9.88 Å². The Bertz CT molecular complexity index is 433. The number of carbonyl (C=O) groups is 1. The van der Waals surface area contributed by atoms with Crippen molar-refractivity contribution in [3.05, 3.63) is 22.4 Å². The molecular weight excluding hydrogens is 304 g/mol. The highest BCUT2D eigenvalue weighted by atomic mass is 79.9. The SMILES string of the molecule is CC(C)n1cc(Br)cc1C(=O)NCCC1CCCC1. The predicted octanol–water partition coefficient (Wildman–Crippen LogP) is 4.14. The molecule has 0 aromatic carbocycles. The number of halogens is 1. The van der Waals surface area contributed by atoms with Gasteiger partial charge in [0.05, 0.1) is 0 Å². The van der Waals surface area contributed by atoms with Crippen molar-refractivity contribution in [2.75, 3.05) is 6.54 Å². The molecule has 3 nitrogen and oxygen atoms in total. The lowest BCUT2D eigenvalue weighted by atomic mass is 10.0. The van der Waals surface area contributed by atoms with Crippen molar-refractivity contribution < 1.29 is 4.79 Å². The highest BCUT2D eigenvalue weighted by Gasteiger charge is 2.17. The Kier molecular flexibility index (Phi) is 5.08. The van der Waals surface area contributed by atoms with Crippen molar-refractivity contribution in [2.45, 2.75) is 52.0 Å². The normalized spacial score (nSPS) is 16.2. The third kappa shape index (κ3) is 3.85. The van der Waals surface area contributed by atoms with Crippen LogP contribution in [0.4, 0.5) is 0 Å². The summed E-state index contributed by atoms with van der Waals surface area (Å²) in [6.45, 7) is 4.97. The Morgan fingerprint density at radius 3 is 2.79 bits per heavy atom. The molecule has 0 atom stereocenters. The number of carbonyl (C=O) groups excluding carboxylic acids is 1. The zero-order chi connectivity index (χ0) is 13.8. The fraction of sp³-hybridized carbons (Fsp3) is 0.667. The second-order valence-corrected chi connectivity index (χ2v) is 6.66. The smallest absolute Gasteiger partial charge is 0.267 e. The van der Waals surface area contributed by atoms with E-state index in [1.165, 1.54) is 25.7 Å². The van der Waals surface area contributed by atoms with Crippen LogP contribution in [0.2, 0.25) is 0 Å². The number of nitrogens with zero attached hydrogens (tertiary/aromatic N) is 1. The molecule has 0 saturated heterocycles. The van der Waals surface area contributed by atoms with Crippen LogP contribution in [0.5, 0.6) is 0 Å². The molecule has 2 rings (SSSR count). The molecule has 1 aromatic rings. The van der Waals surface area contributed by atoms with Crippen LogP contribution in [0.25, 0.3) is 0 Å². The maximum atomic E-state index is 12.2. The first-order valence-corrected chi connectivity index (χ1v) is 8.03. The quantitative estimate of drug-likeness (QED) is 0.866. The maximum absolute atomic E-state index is 12.2. The molecule has 0 radical (unpaired) electrons. The predicted molar refractivity (Wildman–Crippen MR) is 81.4 cm³/mol. The minimum atomic E-state index is 0.0393. The zero-order valence-electron chi connectivity index (χ0n) is 11.8. The van der Waals surface area contributed by atoms with Crippen LogP contribution in [0.15, 0.2) is 16.7 Å². The largest absolute Gasteiger partial charge is 0.351 e. The third-order valence-electron chi connectivity index (χ3n) is 3.92. The molecule has 19 heavy (non-hydrogen) atoms. The van der Waals surface area contributed by atoms with E-state index in [4.69, 9.17) is 0 Å². The number of hydrogen-bond acceptors (Lipinski definition) is 1. The summed E-state index contributed by atoms with van der Waals surface area (Å²) in [5.74, 6) is 0.862. The Hall–Kier alpha value is -0.770. The monoisotopic (exact) mass is 326 g/mol. The molecular formula is C15H23BrN2O. The van der Waals surface area contributed by atoms with E-state index in [-0.39, 0.29) is 5.91 Å². The zero-order valence-corrected chi connectivity index (χ0v) is 13.4. The second kappa shape index (κ2) is 6.60. The van der Waals surface area contributed by atoms with Gasteiger partial charge in [-0.05, 0) is 48.2 Å². The van der Waals surface area contributed by atoms with Crippen LogP contribution in [-0.4, -0.2) is 17.0 Å². The Labute approximate surface area is 123 Å². The molecule has 0 spiro atoms. The lowest BCUT2D eigenvalue weighted by molar-refractivity contribution is 0.0940. The van der Waals surface area contributed by atoms with Gasteiger partial charge in [-0.15, -0.1) is 0 Å². The van der Waals surface area contributed by atoms with Crippen molar-refractivity contribution in [3.8, 4) is 0 Å². The van der Waals surface area contributed by atoms with E-state index >= 15 is 0 Å². The van der Waals surface area contributed by atoms with Crippen molar-refractivity contribution in [3.63, 3.8) is 0 Å². The highest BCUT2D eigenvalue weighted by Crippen LogP contribution is 2.27. The second-order valence-electron chi connectivity index (χ2n) is 5.74. The fourth-order valence-electron chi connectivity index (χ4n) is 2.83. The van der Waals surface area contributed by atoms with Gasteiger partial charge in [-0.25, -0.2) is 0 Å². The van der Waals surface area contributed by atoms with Gasteiger partial charge in [-0.1, -0.05) is 25.7 Å². The summed E-state index contributed by atoms with van der Waals surface area (Å²) in [5, 5.41) is 3.05. The average Bonchev–Trinajstić information content (AvgIpc) is 2.98. The van der Waals surface area contributed by atoms with Crippen molar-refractivity contribution in [2.24, 2.45) is 5.92 Å². The van der Waals surface area contributed by atoms with E-state index in [1.807, 2.05) is 16.8 Å². The average molecular weight is 327 g/mol. The Morgan fingerprint density at radius 1 is 1.47 bits per heavy atom. The van der Waals surface area contributed by atoms with Gasteiger partial charge in [0.15, 0.2) is 0 Å². The molecule has 1 aromatic heterocycles. The first kappa shape index (κ1) is 14.6. The van der Waals surface area contributed by atoms with Crippen molar-refractivity contribution >= 4 is 21.8 Å². The summed E-state index contributed by atoms with van der Waals surface area (Å²) >= 11 is 3.44. The molecule has 106 valence electrons. The van der Waals surface area contributed by atoms with Gasteiger partial charge in [0, 0.05) is 23.3 Å². The minimum Gasteiger partial charge on any atom is -0.351 e. The van der Waals surface area contributed by atoms with Crippen LogP contribution in [0, 0.1) is 5.92 Å². The van der Waals surface area contributed by atoms with Crippen LogP contribution in [0.3, 0.4) is 0 Å². The van der Waals surface area contributed by atoms with Crippen LogP contribution >= 0.6 is 15.9 Å². The molecule has 1 aliphatic carbocycles. The van der Waals surface area contributed by atoms with Gasteiger partial charge >= 0.3 is 0 Å². The Balaban J connectivity index is 1.88. The molecule has 1 N–H and O–H groups in total. The molecule has 1 aliphatic rings. The lowest BCUT2D eigenvalue weighted by Gasteiger charge is -2.13.